The zero-order valence-corrected chi connectivity index (χ0v) is 26.4. The number of ether oxygens (including phenoxy) is 1. The lowest BCUT2D eigenvalue weighted by Gasteiger charge is -2.22. The molecule has 17 heteroatoms. The van der Waals surface area contributed by atoms with Crippen LogP contribution in [0.5, 0.6) is 5.75 Å². The first-order valence-electron chi connectivity index (χ1n) is 14.3. The first kappa shape index (κ1) is 32.5. The summed E-state index contributed by atoms with van der Waals surface area (Å²) in [5, 5.41) is 20.7. The standard InChI is InChI=1S/C27H37B3FN9O4/c1-38(2)8-9-39(3)26(43)20-12-17(37-40(20)4)16-10-15(31)11-19(23(16)44-5)32-18-13-21(33-24(41)14-6-7-14)35-36-22(18)25(42)34-27(28,29)30/h10-14H,6-9,28-30H2,1-5H3,(H,34,42)(H2,32,33,35,41). The van der Waals surface area contributed by atoms with Gasteiger partial charge >= 0.3 is 0 Å². The second-order valence-electron chi connectivity index (χ2n) is 12.2. The average Bonchev–Trinajstić information content (AvgIpc) is 3.72. The summed E-state index contributed by atoms with van der Waals surface area (Å²) in [6, 6.07) is 5.52. The number of aromatic nitrogens is 4. The van der Waals surface area contributed by atoms with Gasteiger partial charge in [0.25, 0.3) is 11.8 Å². The lowest BCUT2D eigenvalue weighted by molar-refractivity contribution is -0.117. The molecule has 0 atom stereocenters. The van der Waals surface area contributed by atoms with E-state index in [0.29, 0.717) is 24.5 Å². The van der Waals surface area contributed by atoms with Gasteiger partial charge in [0.15, 0.2) is 17.3 Å². The smallest absolute Gasteiger partial charge is 0.272 e. The Morgan fingerprint density at radius 3 is 2.39 bits per heavy atom. The third-order valence-corrected chi connectivity index (χ3v) is 6.83. The van der Waals surface area contributed by atoms with Crippen molar-refractivity contribution in [1.29, 1.82) is 0 Å². The number of likely N-dealkylation sites (N-methyl/N-ethyl adjacent to an activating group) is 2. The predicted molar refractivity (Wildman–Crippen MR) is 173 cm³/mol. The topological polar surface area (TPSA) is 147 Å². The van der Waals surface area contributed by atoms with E-state index in [1.54, 1.807) is 25.1 Å². The molecule has 1 aliphatic rings. The molecular formula is C27H37B3FN9O4. The number of nitrogens with one attached hydrogen (secondary N) is 3. The normalized spacial score (nSPS) is 13.0. The summed E-state index contributed by atoms with van der Waals surface area (Å²) >= 11 is 0. The molecule has 1 aromatic carbocycles. The van der Waals surface area contributed by atoms with Crippen LogP contribution < -0.4 is 20.7 Å². The summed E-state index contributed by atoms with van der Waals surface area (Å²) < 4.78 is 22.3. The Hall–Kier alpha value is -4.40. The number of halogens is 1. The number of rotatable bonds is 12. The number of carbonyl (C=O) groups excluding carboxylic acids is 3. The minimum absolute atomic E-state index is 0.0660. The van der Waals surface area contributed by atoms with Gasteiger partial charge < -0.3 is 30.5 Å². The molecule has 0 aliphatic heterocycles. The Balaban J connectivity index is 1.72. The molecule has 0 radical (unpaired) electrons. The molecule has 3 N–H and O–H groups in total. The molecule has 3 amide bonds. The van der Waals surface area contributed by atoms with Crippen LogP contribution in [0.15, 0.2) is 24.3 Å². The number of carbonyl (C=O) groups is 3. The molecule has 0 saturated heterocycles. The number of anilines is 3. The van der Waals surface area contributed by atoms with Crippen LogP contribution in [0.1, 0.15) is 33.8 Å². The minimum atomic E-state index is -0.616. The number of benzene rings is 1. The van der Waals surface area contributed by atoms with Crippen molar-refractivity contribution < 1.29 is 23.5 Å². The molecule has 3 aromatic rings. The van der Waals surface area contributed by atoms with Gasteiger partial charge in [0.2, 0.25) is 5.91 Å². The van der Waals surface area contributed by atoms with E-state index in [-0.39, 0.29) is 51.9 Å². The van der Waals surface area contributed by atoms with Crippen molar-refractivity contribution in [2.24, 2.45) is 13.0 Å². The second kappa shape index (κ2) is 13.1. The molecule has 4 rings (SSSR count). The summed E-state index contributed by atoms with van der Waals surface area (Å²) in [4.78, 5) is 42.3. The summed E-state index contributed by atoms with van der Waals surface area (Å²) in [5.74, 6) is -1.28. The van der Waals surface area contributed by atoms with Gasteiger partial charge in [-0.25, -0.2) is 4.39 Å². The number of nitrogens with zero attached hydrogens (tertiary/aromatic N) is 6. The highest BCUT2D eigenvalue weighted by Crippen LogP contribution is 2.39. The van der Waals surface area contributed by atoms with Gasteiger partial charge in [-0.05, 0) is 44.3 Å². The highest BCUT2D eigenvalue weighted by molar-refractivity contribution is 6.60. The summed E-state index contributed by atoms with van der Waals surface area (Å²) in [5.41, 5.74) is 1.18. The van der Waals surface area contributed by atoms with E-state index in [1.807, 2.05) is 42.5 Å². The highest BCUT2D eigenvalue weighted by Gasteiger charge is 2.30. The molecule has 2 heterocycles. The van der Waals surface area contributed by atoms with Crippen molar-refractivity contribution in [2.75, 3.05) is 52.0 Å². The fourth-order valence-corrected chi connectivity index (χ4v) is 4.38. The van der Waals surface area contributed by atoms with Crippen LogP contribution in [0.4, 0.5) is 21.6 Å². The molecule has 1 saturated carbocycles. The third kappa shape index (κ3) is 7.95. The maximum Gasteiger partial charge on any atom is 0.272 e. The Bertz CT molecular complexity index is 1570. The molecule has 2 aromatic heterocycles. The van der Waals surface area contributed by atoms with Crippen molar-refractivity contribution in [1.82, 2.24) is 35.1 Å². The Labute approximate surface area is 258 Å². The van der Waals surface area contributed by atoms with Crippen LogP contribution in [0.25, 0.3) is 11.3 Å². The zero-order chi connectivity index (χ0) is 32.3. The minimum Gasteiger partial charge on any atom is -0.494 e. The van der Waals surface area contributed by atoms with Crippen LogP contribution >= 0.6 is 0 Å². The Morgan fingerprint density at radius 1 is 1.07 bits per heavy atom. The van der Waals surface area contributed by atoms with Crippen molar-refractivity contribution in [3.8, 4) is 17.0 Å². The van der Waals surface area contributed by atoms with Gasteiger partial charge in [-0.15, -0.1) is 10.2 Å². The van der Waals surface area contributed by atoms with E-state index in [9.17, 15) is 14.4 Å². The Kier molecular flexibility index (Phi) is 9.67. The van der Waals surface area contributed by atoms with E-state index in [1.165, 1.54) is 30.0 Å². The maximum absolute atomic E-state index is 15.2. The third-order valence-electron chi connectivity index (χ3n) is 6.83. The largest absolute Gasteiger partial charge is 0.494 e. The number of hydrogen-bond acceptors (Lipinski definition) is 9. The fraction of sp³-hybridized carbons (Fsp3) is 0.407. The van der Waals surface area contributed by atoms with Gasteiger partial charge in [0.05, 0.1) is 24.2 Å². The van der Waals surface area contributed by atoms with Crippen LogP contribution in [-0.4, -0.2) is 118 Å². The monoisotopic (exact) mass is 603 g/mol. The average molecular weight is 603 g/mol. The SMILES string of the molecule is BC(B)(B)NC(=O)c1nnc(NC(=O)C2CC2)cc1Nc1cc(F)cc(-c2cc(C(=O)N(C)CCN(C)C)n(C)n2)c1OC. The van der Waals surface area contributed by atoms with Gasteiger partial charge in [0.1, 0.15) is 35.0 Å². The first-order valence-corrected chi connectivity index (χ1v) is 14.3. The molecule has 0 spiro atoms. The van der Waals surface area contributed by atoms with Crippen LogP contribution in [-0.2, 0) is 11.8 Å². The number of hydrogen-bond donors (Lipinski definition) is 3. The lowest BCUT2D eigenvalue weighted by Crippen LogP contribution is -2.50. The lowest BCUT2D eigenvalue weighted by atomic mass is 9.49. The molecule has 1 aliphatic carbocycles. The molecule has 44 heavy (non-hydrogen) atoms. The summed E-state index contributed by atoms with van der Waals surface area (Å²) in [7, 11) is 14.1. The molecule has 0 unspecified atom stereocenters. The quantitative estimate of drug-likeness (QED) is 0.222. The van der Waals surface area contributed by atoms with E-state index >= 15 is 4.39 Å². The van der Waals surface area contributed by atoms with Crippen LogP contribution in [0.2, 0.25) is 0 Å². The molecule has 230 valence electrons. The van der Waals surface area contributed by atoms with Gasteiger partial charge in [-0.2, -0.15) is 5.10 Å². The second-order valence-corrected chi connectivity index (χ2v) is 12.2. The molecule has 0 bridgehead atoms. The number of amides is 3. The van der Waals surface area contributed by atoms with Crippen LogP contribution in [0.3, 0.4) is 0 Å². The van der Waals surface area contributed by atoms with Crippen molar-refractivity contribution in [3.05, 3.63) is 41.5 Å². The molecule has 13 nitrogen and oxygen atoms in total. The predicted octanol–water partition coefficient (Wildman–Crippen LogP) is -1.01. The van der Waals surface area contributed by atoms with Crippen molar-refractivity contribution >= 4 is 58.5 Å². The van der Waals surface area contributed by atoms with Crippen molar-refractivity contribution in [2.45, 2.75) is 18.1 Å². The summed E-state index contributed by atoms with van der Waals surface area (Å²) in [6.07, 6.45) is 1.60. The van der Waals surface area contributed by atoms with Gasteiger partial charge in [-0.3, -0.25) is 19.1 Å². The molecule has 1 fully saturated rings. The zero-order valence-electron chi connectivity index (χ0n) is 26.4. The van der Waals surface area contributed by atoms with Gasteiger partial charge in [0, 0.05) is 50.8 Å². The van der Waals surface area contributed by atoms with E-state index in [4.69, 9.17) is 4.74 Å². The van der Waals surface area contributed by atoms with Crippen molar-refractivity contribution in [3.63, 3.8) is 0 Å². The van der Waals surface area contributed by atoms with E-state index in [2.05, 4.69) is 31.2 Å². The number of aryl methyl sites for hydroxylation is 1. The molecular weight excluding hydrogens is 566 g/mol. The van der Waals surface area contributed by atoms with Gasteiger partial charge in [-0.1, -0.05) is 0 Å². The number of methoxy groups -OCH3 is 1. The maximum atomic E-state index is 15.2. The van der Waals surface area contributed by atoms with Crippen LogP contribution in [0, 0.1) is 11.7 Å². The first-order chi connectivity index (χ1) is 20.7. The highest BCUT2D eigenvalue weighted by atomic mass is 19.1. The fourth-order valence-electron chi connectivity index (χ4n) is 4.38. The van der Waals surface area contributed by atoms with E-state index in [0.717, 1.165) is 12.8 Å². The summed E-state index contributed by atoms with van der Waals surface area (Å²) in [6.45, 7) is 1.20. The van der Waals surface area contributed by atoms with E-state index < -0.39 is 17.0 Å². The Morgan fingerprint density at radius 2 is 1.77 bits per heavy atom.